The van der Waals surface area contributed by atoms with Gasteiger partial charge >= 0.3 is 0 Å². The summed E-state index contributed by atoms with van der Waals surface area (Å²) in [5, 5.41) is 0. The Morgan fingerprint density at radius 3 is 2.54 bits per heavy atom. The summed E-state index contributed by atoms with van der Waals surface area (Å²) in [6, 6.07) is 7.23. The molecule has 1 amide bonds. The molecular formula is C21H26N2O3S2. The molecule has 0 N–H and O–H groups in total. The second-order valence-electron chi connectivity index (χ2n) is 7.53. The molecule has 0 radical (unpaired) electrons. The quantitative estimate of drug-likeness (QED) is 0.754. The summed E-state index contributed by atoms with van der Waals surface area (Å²) in [7, 11) is -3.44. The lowest BCUT2D eigenvalue weighted by Gasteiger charge is -2.30. The molecule has 2 aliphatic rings. The van der Waals surface area contributed by atoms with Crippen molar-refractivity contribution in [3.05, 3.63) is 45.1 Å². The van der Waals surface area contributed by atoms with Gasteiger partial charge in [-0.2, -0.15) is 4.31 Å². The van der Waals surface area contributed by atoms with E-state index in [9.17, 15) is 13.2 Å². The molecule has 150 valence electrons. The van der Waals surface area contributed by atoms with Crippen molar-refractivity contribution in [1.82, 2.24) is 4.31 Å². The molecule has 0 atom stereocenters. The van der Waals surface area contributed by atoms with Crippen LogP contribution in [-0.2, 0) is 22.9 Å². The van der Waals surface area contributed by atoms with Crippen LogP contribution in [0.5, 0.6) is 0 Å². The van der Waals surface area contributed by atoms with E-state index < -0.39 is 10.0 Å². The Balaban J connectivity index is 1.65. The van der Waals surface area contributed by atoms with Crippen molar-refractivity contribution in [2.24, 2.45) is 0 Å². The number of carbonyl (C=O) groups excluding carboxylic acids is 1. The first kappa shape index (κ1) is 19.6. The number of hydrogen-bond donors (Lipinski definition) is 0. The molecule has 0 aliphatic carbocycles. The van der Waals surface area contributed by atoms with Crippen molar-refractivity contribution in [2.75, 3.05) is 24.5 Å². The van der Waals surface area contributed by atoms with Crippen LogP contribution >= 0.6 is 11.3 Å². The molecule has 0 saturated carbocycles. The van der Waals surface area contributed by atoms with Gasteiger partial charge in [0.1, 0.15) is 0 Å². The lowest BCUT2D eigenvalue weighted by molar-refractivity contribution is 0.0989. The Morgan fingerprint density at radius 1 is 1.11 bits per heavy atom. The van der Waals surface area contributed by atoms with E-state index in [-0.39, 0.29) is 5.91 Å². The molecule has 2 aliphatic heterocycles. The first-order valence-corrected chi connectivity index (χ1v) is 12.2. The third-order valence-electron chi connectivity index (χ3n) is 5.67. The van der Waals surface area contributed by atoms with Crippen molar-refractivity contribution in [3.63, 3.8) is 0 Å². The van der Waals surface area contributed by atoms with Crippen LogP contribution in [0.2, 0.25) is 0 Å². The molecule has 0 spiro atoms. The zero-order valence-corrected chi connectivity index (χ0v) is 18.0. The van der Waals surface area contributed by atoms with Crippen molar-refractivity contribution >= 4 is 33.0 Å². The highest BCUT2D eigenvalue weighted by Gasteiger charge is 2.30. The average Bonchev–Trinajstić information content (AvgIpc) is 3.36. The van der Waals surface area contributed by atoms with Crippen LogP contribution < -0.4 is 4.90 Å². The van der Waals surface area contributed by atoms with Gasteiger partial charge in [-0.1, -0.05) is 6.92 Å². The Labute approximate surface area is 171 Å². The summed E-state index contributed by atoms with van der Waals surface area (Å²) in [6.45, 7) is 6.02. The Kier molecular flexibility index (Phi) is 5.33. The molecule has 4 rings (SSSR count). The number of thiophene rings is 1. The van der Waals surface area contributed by atoms with Crippen molar-refractivity contribution in [3.8, 4) is 0 Å². The number of rotatable bonds is 4. The van der Waals surface area contributed by atoms with Gasteiger partial charge in [0.2, 0.25) is 10.0 Å². The van der Waals surface area contributed by atoms with E-state index in [1.165, 1.54) is 10.4 Å². The number of aryl methyl sites for hydroxylation is 3. The summed E-state index contributed by atoms with van der Waals surface area (Å²) in [5.41, 5.74) is 2.96. The van der Waals surface area contributed by atoms with Gasteiger partial charge in [0.25, 0.3) is 5.91 Å². The van der Waals surface area contributed by atoms with Crippen molar-refractivity contribution in [1.29, 1.82) is 0 Å². The number of amides is 1. The van der Waals surface area contributed by atoms with Gasteiger partial charge in [0.15, 0.2) is 0 Å². The van der Waals surface area contributed by atoms with Gasteiger partial charge in [0.05, 0.1) is 9.77 Å². The lowest BCUT2D eigenvalue weighted by Crippen LogP contribution is -2.35. The fourth-order valence-electron chi connectivity index (χ4n) is 4.13. The Hall–Kier alpha value is -1.70. The van der Waals surface area contributed by atoms with Crippen LogP contribution in [0, 0.1) is 6.92 Å². The van der Waals surface area contributed by atoms with E-state index in [2.05, 4.69) is 6.92 Å². The summed E-state index contributed by atoms with van der Waals surface area (Å²) in [6.07, 6.45) is 4.42. The van der Waals surface area contributed by atoms with Crippen LogP contribution in [0.3, 0.4) is 0 Å². The SMILES string of the molecule is CCc1sc(C(=O)N2CCCc3cc(S(=O)(=O)N4CCCC4)ccc32)cc1C. The van der Waals surface area contributed by atoms with E-state index in [0.717, 1.165) is 48.2 Å². The molecule has 1 aromatic heterocycles. The van der Waals surface area contributed by atoms with E-state index in [1.807, 2.05) is 24.0 Å². The molecule has 0 unspecified atom stereocenters. The normalized spacial score (nSPS) is 17.7. The first-order valence-electron chi connectivity index (χ1n) is 9.96. The summed E-state index contributed by atoms with van der Waals surface area (Å²) in [4.78, 5) is 17.3. The minimum atomic E-state index is -3.44. The summed E-state index contributed by atoms with van der Waals surface area (Å²) >= 11 is 1.57. The smallest absolute Gasteiger partial charge is 0.268 e. The van der Waals surface area contributed by atoms with Crippen LogP contribution in [-0.4, -0.2) is 38.3 Å². The molecule has 1 saturated heterocycles. The molecule has 28 heavy (non-hydrogen) atoms. The number of benzene rings is 1. The highest BCUT2D eigenvalue weighted by molar-refractivity contribution is 7.89. The Bertz CT molecular complexity index is 1000. The number of nitrogens with zero attached hydrogens (tertiary/aromatic N) is 2. The van der Waals surface area contributed by atoms with E-state index >= 15 is 0 Å². The third kappa shape index (κ3) is 3.40. The van der Waals surface area contributed by atoms with E-state index in [4.69, 9.17) is 0 Å². The molecular weight excluding hydrogens is 392 g/mol. The standard InChI is InChI=1S/C21H26N2O3S2/c1-3-19-15(2)13-20(27-19)21(24)23-12-6-7-16-14-17(8-9-18(16)23)28(25,26)22-10-4-5-11-22/h8-9,13-14H,3-7,10-12H2,1-2H3. The maximum absolute atomic E-state index is 13.1. The summed E-state index contributed by atoms with van der Waals surface area (Å²) in [5.74, 6) is 0.0175. The molecule has 3 heterocycles. The number of fused-ring (bicyclic) bond motifs is 1. The number of sulfonamides is 1. The van der Waals surface area contributed by atoms with Crippen LogP contribution in [0.4, 0.5) is 5.69 Å². The monoisotopic (exact) mass is 418 g/mol. The average molecular weight is 419 g/mol. The van der Waals surface area contributed by atoms with Gasteiger partial charge < -0.3 is 4.90 Å². The lowest BCUT2D eigenvalue weighted by atomic mass is 10.0. The first-order chi connectivity index (χ1) is 13.4. The zero-order valence-electron chi connectivity index (χ0n) is 16.4. The summed E-state index contributed by atoms with van der Waals surface area (Å²) < 4.78 is 27.3. The fraction of sp³-hybridized carbons (Fsp3) is 0.476. The Morgan fingerprint density at radius 2 is 1.86 bits per heavy atom. The highest BCUT2D eigenvalue weighted by atomic mass is 32.2. The number of carbonyl (C=O) groups is 1. The largest absolute Gasteiger partial charge is 0.307 e. The third-order valence-corrected chi connectivity index (χ3v) is 8.93. The highest BCUT2D eigenvalue weighted by Crippen LogP contribution is 2.33. The van der Waals surface area contributed by atoms with Crippen LogP contribution in [0.1, 0.15) is 51.9 Å². The van der Waals surface area contributed by atoms with Crippen LogP contribution in [0.25, 0.3) is 0 Å². The molecule has 5 nitrogen and oxygen atoms in total. The predicted molar refractivity (Wildman–Crippen MR) is 113 cm³/mol. The van der Waals surface area contributed by atoms with Crippen molar-refractivity contribution < 1.29 is 13.2 Å². The second-order valence-corrected chi connectivity index (χ2v) is 10.6. The van der Waals surface area contributed by atoms with Gasteiger partial charge in [0, 0.05) is 30.2 Å². The molecule has 2 aromatic rings. The van der Waals surface area contributed by atoms with Gasteiger partial charge in [-0.25, -0.2) is 8.42 Å². The fourth-order valence-corrected chi connectivity index (χ4v) is 6.76. The zero-order chi connectivity index (χ0) is 19.9. The number of anilines is 1. The minimum absolute atomic E-state index is 0.0175. The van der Waals surface area contributed by atoms with Crippen LogP contribution in [0.15, 0.2) is 29.2 Å². The maximum atomic E-state index is 13.1. The number of hydrogen-bond acceptors (Lipinski definition) is 4. The van der Waals surface area contributed by atoms with Crippen molar-refractivity contribution in [2.45, 2.75) is 50.8 Å². The maximum Gasteiger partial charge on any atom is 0.268 e. The van der Waals surface area contributed by atoms with Gasteiger partial charge in [-0.15, -0.1) is 11.3 Å². The van der Waals surface area contributed by atoms with Gasteiger partial charge in [-0.05, 0) is 74.4 Å². The molecule has 7 heteroatoms. The van der Waals surface area contributed by atoms with Gasteiger partial charge in [-0.3, -0.25) is 4.79 Å². The molecule has 1 aromatic carbocycles. The predicted octanol–water partition coefficient (Wildman–Crippen LogP) is 4.00. The van der Waals surface area contributed by atoms with E-state index in [0.29, 0.717) is 24.5 Å². The molecule has 1 fully saturated rings. The molecule has 0 bridgehead atoms. The topological polar surface area (TPSA) is 57.7 Å². The van der Waals surface area contributed by atoms with E-state index in [1.54, 1.807) is 27.8 Å². The minimum Gasteiger partial charge on any atom is -0.307 e. The second kappa shape index (κ2) is 7.61.